The number of nitrogens with zero attached hydrogens (tertiary/aromatic N) is 3. The van der Waals surface area contributed by atoms with Crippen molar-refractivity contribution in [3.8, 4) is 0 Å². The number of imidazole rings is 1. The highest BCUT2D eigenvalue weighted by Crippen LogP contribution is 2.19. The van der Waals surface area contributed by atoms with E-state index in [1.807, 2.05) is 33.7 Å². The Bertz CT molecular complexity index is 1090. The molecule has 4 rings (SSSR count). The van der Waals surface area contributed by atoms with Gasteiger partial charge in [-0.1, -0.05) is 48.7 Å². The van der Waals surface area contributed by atoms with Gasteiger partial charge in [0.05, 0.1) is 21.6 Å². The molecule has 1 N–H and O–H groups in total. The highest BCUT2D eigenvalue weighted by molar-refractivity contribution is 6.33. The topological polar surface area (TPSA) is 67.2 Å². The molecule has 1 saturated heterocycles. The molecule has 7 heteroatoms. The maximum atomic E-state index is 13.0. The summed E-state index contributed by atoms with van der Waals surface area (Å²) in [5.41, 5.74) is 2.35. The van der Waals surface area contributed by atoms with Gasteiger partial charge < -0.3 is 14.8 Å². The Balaban J connectivity index is 1.41. The molecule has 0 bridgehead atoms. The average Bonchev–Trinajstić information content (AvgIpc) is 2.96. The molecule has 168 valence electrons. The molecule has 0 saturated carbocycles. The molecule has 0 radical (unpaired) electrons. The average molecular weight is 453 g/mol. The van der Waals surface area contributed by atoms with Crippen molar-refractivity contribution in [3.05, 3.63) is 64.9 Å². The van der Waals surface area contributed by atoms with Gasteiger partial charge in [0.2, 0.25) is 5.91 Å². The fraction of sp³-hybridized carbons (Fsp3) is 0.400. The van der Waals surface area contributed by atoms with E-state index in [0.29, 0.717) is 30.1 Å². The second-order valence-corrected chi connectivity index (χ2v) is 8.64. The largest absolute Gasteiger partial charge is 0.352 e. The van der Waals surface area contributed by atoms with Gasteiger partial charge in [0, 0.05) is 26.1 Å². The zero-order valence-electron chi connectivity index (χ0n) is 18.2. The lowest BCUT2D eigenvalue weighted by Crippen LogP contribution is -2.35. The molecule has 3 aromatic rings. The number of halogens is 1. The molecule has 0 aliphatic carbocycles. The lowest BCUT2D eigenvalue weighted by molar-refractivity contribution is -0.131. The second kappa shape index (κ2) is 10.6. The van der Waals surface area contributed by atoms with Crippen LogP contribution in [0.1, 0.15) is 48.3 Å². The standard InChI is InChI=1S/C25H29ClN4O2/c26-20-11-4-3-10-19(20)25(32)27-15-9-14-23-28-21-12-5-6-13-22(21)30(23)18-24(31)29-16-7-1-2-8-17-29/h3-6,10-13H,1-2,7-9,14-18H2,(H,27,32). The molecule has 0 atom stereocenters. The number of nitrogens with one attached hydrogen (secondary N) is 1. The van der Waals surface area contributed by atoms with Gasteiger partial charge in [0.1, 0.15) is 12.4 Å². The Morgan fingerprint density at radius 1 is 0.969 bits per heavy atom. The summed E-state index contributed by atoms with van der Waals surface area (Å²) in [5.74, 6) is 0.852. The van der Waals surface area contributed by atoms with Crippen LogP contribution in [0, 0.1) is 0 Å². The van der Waals surface area contributed by atoms with Crippen molar-refractivity contribution in [2.45, 2.75) is 45.1 Å². The van der Waals surface area contributed by atoms with Crippen LogP contribution in [-0.4, -0.2) is 45.9 Å². The lowest BCUT2D eigenvalue weighted by Gasteiger charge is -2.21. The first kappa shape index (κ1) is 22.3. The minimum atomic E-state index is -0.180. The van der Waals surface area contributed by atoms with E-state index in [0.717, 1.165) is 49.2 Å². The Kier molecular flexibility index (Phi) is 7.43. The zero-order valence-corrected chi connectivity index (χ0v) is 19.0. The number of amides is 2. The number of carbonyl (C=O) groups is 2. The Morgan fingerprint density at radius 3 is 2.47 bits per heavy atom. The van der Waals surface area contributed by atoms with E-state index in [-0.39, 0.29) is 11.8 Å². The molecular formula is C25H29ClN4O2. The number of aryl methyl sites for hydroxylation is 1. The number of hydrogen-bond acceptors (Lipinski definition) is 3. The van der Waals surface area contributed by atoms with Gasteiger partial charge in [0.25, 0.3) is 5.91 Å². The number of fused-ring (bicyclic) bond motifs is 1. The third-order valence-corrected chi connectivity index (χ3v) is 6.30. The maximum Gasteiger partial charge on any atom is 0.252 e. The van der Waals surface area contributed by atoms with Crippen LogP contribution in [0.5, 0.6) is 0 Å². The van der Waals surface area contributed by atoms with Gasteiger partial charge in [-0.2, -0.15) is 0 Å². The van der Waals surface area contributed by atoms with E-state index >= 15 is 0 Å². The fourth-order valence-corrected chi connectivity index (χ4v) is 4.46. The van der Waals surface area contributed by atoms with Crippen molar-refractivity contribution in [1.29, 1.82) is 0 Å². The van der Waals surface area contributed by atoms with Crippen molar-refractivity contribution in [2.75, 3.05) is 19.6 Å². The molecule has 1 fully saturated rings. The smallest absolute Gasteiger partial charge is 0.252 e. The number of para-hydroxylation sites is 2. The molecule has 0 unspecified atom stereocenters. The number of rotatable bonds is 7. The van der Waals surface area contributed by atoms with E-state index in [4.69, 9.17) is 16.6 Å². The fourth-order valence-electron chi connectivity index (χ4n) is 4.24. The summed E-state index contributed by atoms with van der Waals surface area (Å²) >= 11 is 6.11. The van der Waals surface area contributed by atoms with Crippen LogP contribution in [0.25, 0.3) is 11.0 Å². The quantitative estimate of drug-likeness (QED) is 0.538. The first-order chi connectivity index (χ1) is 15.6. The minimum Gasteiger partial charge on any atom is -0.352 e. The van der Waals surface area contributed by atoms with E-state index in [2.05, 4.69) is 5.32 Å². The first-order valence-electron chi connectivity index (χ1n) is 11.4. The highest BCUT2D eigenvalue weighted by atomic mass is 35.5. The Morgan fingerprint density at radius 2 is 1.69 bits per heavy atom. The van der Waals surface area contributed by atoms with Crippen molar-refractivity contribution in [1.82, 2.24) is 19.8 Å². The van der Waals surface area contributed by atoms with Crippen LogP contribution < -0.4 is 5.32 Å². The molecule has 6 nitrogen and oxygen atoms in total. The highest BCUT2D eigenvalue weighted by Gasteiger charge is 2.19. The van der Waals surface area contributed by atoms with Gasteiger partial charge in [-0.25, -0.2) is 4.98 Å². The van der Waals surface area contributed by atoms with Gasteiger partial charge in [-0.3, -0.25) is 9.59 Å². The summed E-state index contributed by atoms with van der Waals surface area (Å²) in [6.07, 6.45) is 5.94. The van der Waals surface area contributed by atoms with E-state index < -0.39 is 0 Å². The molecule has 2 amide bonds. The predicted molar refractivity (Wildman–Crippen MR) is 127 cm³/mol. The number of aromatic nitrogens is 2. The number of hydrogen-bond donors (Lipinski definition) is 1. The van der Waals surface area contributed by atoms with Crippen LogP contribution in [0.15, 0.2) is 48.5 Å². The van der Waals surface area contributed by atoms with Crippen molar-refractivity contribution < 1.29 is 9.59 Å². The molecule has 2 heterocycles. The van der Waals surface area contributed by atoms with Crippen molar-refractivity contribution in [3.63, 3.8) is 0 Å². The first-order valence-corrected chi connectivity index (χ1v) is 11.8. The molecule has 1 aliphatic heterocycles. The van der Waals surface area contributed by atoms with Crippen molar-refractivity contribution >= 4 is 34.4 Å². The number of likely N-dealkylation sites (tertiary alicyclic amines) is 1. The summed E-state index contributed by atoms with van der Waals surface area (Å²) < 4.78 is 2.04. The molecule has 32 heavy (non-hydrogen) atoms. The Hall–Kier alpha value is -2.86. The number of benzene rings is 2. The van der Waals surface area contributed by atoms with E-state index in [9.17, 15) is 9.59 Å². The summed E-state index contributed by atoms with van der Waals surface area (Å²) in [5, 5.41) is 3.37. The van der Waals surface area contributed by atoms with Crippen LogP contribution in [0.2, 0.25) is 5.02 Å². The molecule has 1 aliphatic rings. The van der Waals surface area contributed by atoms with Crippen LogP contribution in [0.4, 0.5) is 0 Å². The van der Waals surface area contributed by atoms with Gasteiger partial charge in [-0.15, -0.1) is 0 Å². The third-order valence-electron chi connectivity index (χ3n) is 5.97. The van der Waals surface area contributed by atoms with Gasteiger partial charge in [-0.05, 0) is 43.5 Å². The summed E-state index contributed by atoms with van der Waals surface area (Å²) in [4.78, 5) is 32.2. The van der Waals surface area contributed by atoms with Crippen LogP contribution >= 0.6 is 11.6 Å². The summed E-state index contributed by atoms with van der Waals surface area (Å²) in [6.45, 7) is 2.50. The summed E-state index contributed by atoms with van der Waals surface area (Å²) in [7, 11) is 0. The second-order valence-electron chi connectivity index (χ2n) is 8.24. The van der Waals surface area contributed by atoms with Crippen LogP contribution in [-0.2, 0) is 17.8 Å². The van der Waals surface area contributed by atoms with Crippen LogP contribution in [0.3, 0.4) is 0 Å². The molecule has 2 aromatic carbocycles. The summed E-state index contributed by atoms with van der Waals surface area (Å²) in [6, 6.07) is 15.0. The van der Waals surface area contributed by atoms with Gasteiger partial charge >= 0.3 is 0 Å². The normalized spacial score (nSPS) is 14.3. The van der Waals surface area contributed by atoms with E-state index in [1.54, 1.807) is 24.3 Å². The molecule has 0 spiro atoms. The van der Waals surface area contributed by atoms with Crippen molar-refractivity contribution in [2.24, 2.45) is 0 Å². The predicted octanol–water partition coefficient (Wildman–Crippen LogP) is 4.45. The molecule has 1 aromatic heterocycles. The monoisotopic (exact) mass is 452 g/mol. The minimum absolute atomic E-state index is 0.156. The zero-order chi connectivity index (χ0) is 22.3. The lowest BCUT2D eigenvalue weighted by atomic mass is 10.2. The maximum absolute atomic E-state index is 13.0. The molecular weight excluding hydrogens is 424 g/mol. The number of carbonyl (C=O) groups excluding carboxylic acids is 2. The Labute approximate surface area is 193 Å². The SMILES string of the molecule is O=C(NCCCc1nc2ccccc2n1CC(=O)N1CCCCCC1)c1ccccc1Cl. The van der Waals surface area contributed by atoms with E-state index in [1.165, 1.54) is 12.8 Å². The van der Waals surface area contributed by atoms with Gasteiger partial charge in [0.15, 0.2) is 0 Å². The third kappa shape index (κ3) is 5.30.